The highest BCUT2D eigenvalue weighted by Crippen LogP contribution is 2.23. The van der Waals surface area contributed by atoms with Crippen LogP contribution in [0.4, 0.5) is 4.39 Å². The molecule has 2 heterocycles. The zero-order valence-corrected chi connectivity index (χ0v) is 9.40. The summed E-state index contributed by atoms with van der Waals surface area (Å²) in [5.74, 6) is 1.10. The molecule has 88 valence electrons. The maximum atomic E-state index is 13.3. The van der Waals surface area contributed by atoms with E-state index in [1.807, 2.05) is 13.0 Å². The third kappa shape index (κ3) is 1.93. The first kappa shape index (κ1) is 10.4. The normalized spacial score (nSPS) is 15.9. The van der Waals surface area contributed by atoms with Crippen LogP contribution >= 0.6 is 0 Å². The minimum atomic E-state index is -0.281. The summed E-state index contributed by atoms with van der Waals surface area (Å²) in [6.45, 7) is 3.57. The van der Waals surface area contributed by atoms with Crippen molar-refractivity contribution in [3.63, 3.8) is 0 Å². The van der Waals surface area contributed by atoms with Crippen LogP contribution in [0.15, 0.2) is 22.7 Å². The van der Waals surface area contributed by atoms with E-state index in [0.29, 0.717) is 23.2 Å². The summed E-state index contributed by atoms with van der Waals surface area (Å²) in [6, 6.07) is 4.73. The Morgan fingerprint density at radius 3 is 2.82 bits per heavy atom. The highest BCUT2D eigenvalue weighted by molar-refractivity contribution is 5.55. The summed E-state index contributed by atoms with van der Waals surface area (Å²) in [7, 11) is 0. The first-order valence-corrected chi connectivity index (χ1v) is 5.54. The Kier molecular flexibility index (Phi) is 2.40. The minimum Gasteiger partial charge on any atom is -0.339 e. The molecule has 3 rings (SSSR count). The lowest BCUT2D eigenvalue weighted by Crippen LogP contribution is -2.40. The number of aryl methyl sites for hydroxylation is 1. The van der Waals surface area contributed by atoms with Gasteiger partial charge in [-0.3, -0.25) is 0 Å². The fourth-order valence-electron chi connectivity index (χ4n) is 1.85. The number of nitrogens with zero attached hydrogens (tertiary/aromatic N) is 2. The van der Waals surface area contributed by atoms with Crippen molar-refractivity contribution in [3.8, 4) is 11.4 Å². The first-order valence-electron chi connectivity index (χ1n) is 5.54. The van der Waals surface area contributed by atoms with Crippen LogP contribution in [-0.4, -0.2) is 23.2 Å². The Balaban J connectivity index is 1.94. The second-order valence-corrected chi connectivity index (χ2v) is 4.33. The van der Waals surface area contributed by atoms with Gasteiger partial charge in [-0.2, -0.15) is 4.98 Å². The van der Waals surface area contributed by atoms with Gasteiger partial charge in [0.15, 0.2) is 0 Å². The van der Waals surface area contributed by atoms with Gasteiger partial charge in [0.25, 0.3) is 0 Å². The van der Waals surface area contributed by atoms with Gasteiger partial charge in [-0.05, 0) is 30.7 Å². The highest BCUT2D eigenvalue weighted by atomic mass is 19.1. The second-order valence-electron chi connectivity index (χ2n) is 4.33. The Morgan fingerprint density at radius 2 is 2.18 bits per heavy atom. The van der Waals surface area contributed by atoms with E-state index >= 15 is 0 Å². The van der Waals surface area contributed by atoms with Gasteiger partial charge in [0, 0.05) is 18.7 Å². The van der Waals surface area contributed by atoms with Crippen molar-refractivity contribution < 1.29 is 8.91 Å². The Morgan fingerprint density at radius 1 is 1.35 bits per heavy atom. The van der Waals surface area contributed by atoms with Gasteiger partial charge in [0.1, 0.15) is 5.82 Å². The third-order valence-electron chi connectivity index (χ3n) is 2.87. The molecule has 0 bridgehead atoms. The van der Waals surface area contributed by atoms with Crippen molar-refractivity contribution in [1.29, 1.82) is 0 Å². The van der Waals surface area contributed by atoms with Crippen molar-refractivity contribution in [2.45, 2.75) is 12.8 Å². The summed E-state index contributed by atoms with van der Waals surface area (Å²) in [4.78, 5) is 4.30. The van der Waals surface area contributed by atoms with E-state index in [0.717, 1.165) is 18.7 Å². The zero-order valence-electron chi connectivity index (χ0n) is 9.40. The van der Waals surface area contributed by atoms with Crippen molar-refractivity contribution >= 4 is 0 Å². The zero-order chi connectivity index (χ0) is 11.8. The molecule has 1 fully saturated rings. The molecule has 0 saturated carbocycles. The van der Waals surface area contributed by atoms with Crippen LogP contribution in [0.3, 0.4) is 0 Å². The van der Waals surface area contributed by atoms with E-state index in [1.165, 1.54) is 12.1 Å². The Hall–Kier alpha value is -1.75. The molecule has 5 heteroatoms. The van der Waals surface area contributed by atoms with Crippen LogP contribution in [0, 0.1) is 12.7 Å². The monoisotopic (exact) mass is 233 g/mol. The summed E-state index contributed by atoms with van der Waals surface area (Å²) < 4.78 is 18.4. The lowest BCUT2D eigenvalue weighted by molar-refractivity contribution is 0.308. The van der Waals surface area contributed by atoms with Crippen LogP contribution in [0.5, 0.6) is 0 Å². The fourth-order valence-corrected chi connectivity index (χ4v) is 1.85. The van der Waals surface area contributed by atoms with Crippen molar-refractivity contribution in [2.75, 3.05) is 13.1 Å². The van der Waals surface area contributed by atoms with Crippen LogP contribution in [0.1, 0.15) is 17.4 Å². The lowest BCUT2D eigenvalue weighted by atomic mass is 10.0. The minimum absolute atomic E-state index is 0.281. The van der Waals surface area contributed by atoms with E-state index < -0.39 is 0 Å². The van der Waals surface area contributed by atoms with E-state index in [-0.39, 0.29) is 5.82 Å². The molecular formula is C12H12FN3O. The van der Waals surface area contributed by atoms with Gasteiger partial charge in [-0.25, -0.2) is 4.39 Å². The third-order valence-corrected chi connectivity index (χ3v) is 2.87. The predicted octanol–water partition coefficient (Wildman–Crippen LogP) is 1.87. The summed E-state index contributed by atoms with van der Waals surface area (Å²) in [5, 5.41) is 7.03. The topological polar surface area (TPSA) is 51.0 Å². The Labute approximate surface area is 97.8 Å². The number of halogens is 1. The molecule has 4 nitrogen and oxygen atoms in total. The summed E-state index contributed by atoms with van der Waals surface area (Å²) >= 11 is 0. The number of hydrogen-bond acceptors (Lipinski definition) is 4. The molecule has 0 unspecified atom stereocenters. The number of nitrogens with one attached hydrogen (secondary N) is 1. The number of aromatic nitrogens is 2. The quantitative estimate of drug-likeness (QED) is 0.860. The van der Waals surface area contributed by atoms with E-state index in [2.05, 4.69) is 15.5 Å². The molecule has 1 saturated heterocycles. The van der Waals surface area contributed by atoms with Crippen LogP contribution < -0.4 is 5.32 Å². The van der Waals surface area contributed by atoms with Gasteiger partial charge in [-0.1, -0.05) is 5.16 Å². The highest BCUT2D eigenvalue weighted by Gasteiger charge is 2.25. The SMILES string of the molecule is Cc1cc(F)cc(-c2noc(C3CNC3)n2)c1. The van der Waals surface area contributed by atoms with Crippen LogP contribution in [0.25, 0.3) is 11.4 Å². The standard InChI is InChI=1S/C12H12FN3O/c1-7-2-8(4-10(13)3-7)11-15-12(17-16-11)9-5-14-6-9/h2-4,9,14H,5-6H2,1H3. The molecule has 1 aromatic heterocycles. The van der Waals surface area contributed by atoms with E-state index in [9.17, 15) is 4.39 Å². The molecule has 0 amide bonds. The van der Waals surface area contributed by atoms with Crippen molar-refractivity contribution in [2.24, 2.45) is 0 Å². The average molecular weight is 233 g/mol. The largest absolute Gasteiger partial charge is 0.339 e. The summed E-state index contributed by atoms with van der Waals surface area (Å²) in [6.07, 6.45) is 0. The van der Waals surface area contributed by atoms with Crippen molar-refractivity contribution in [1.82, 2.24) is 15.5 Å². The van der Waals surface area contributed by atoms with Gasteiger partial charge in [0.2, 0.25) is 11.7 Å². The second kappa shape index (κ2) is 3.92. The van der Waals surface area contributed by atoms with Gasteiger partial charge in [0.05, 0.1) is 5.92 Å². The molecule has 1 aliphatic rings. The molecular weight excluding hydrogens is 221 g/mol. The molecule has 1 aliphatic heterocycles. The molecule has 0 radical (unpaired) electrons. The van der Waals surface area contributed by atoms with Gasteiger partial charge >= 0.3 is 0 Å². The molecule has 0 aliphatic carbocycles. The maximum Gasteiger partial charge on any atom is 0.232 e. The first-order chi connectivity index (χ1) is 8.22. The molecule has 1 aromatic carbocycles. The molecule has 17 heavy (non-hydrogen) atoms. The molecule has 1 N–H and O–H groups in total. The Bertz CT molecular complexity index is 528. The van der Waals surface area contributed by atoms with Gasteiger partial charge < -0.3 is 9.84 Å². The number of benzene rings is 1. The number of rotatable bonds is 2. The van der Waals surface area contributed by atoms with Gasteiger partial charge in [-0.15, -0.1) is 0 Å². The van der Waals surface area contributed by atoms with Crippen LogP contribution in [0.2, 0.25) is 0 Å². The molecule has 0 atom stereocenters. The molecule has 0 spiro atoms. The lowest BCUT2D eigenvalue weighted by Gasteiger charge is -2.22. The smallest absolute Gasteiger partial charge is 0.232 e. The summed E-state index contributed by atoms with van der Waals surface area (Å²) in [5.41, 5.74) is 1.50. The fraction of sp³-hybridized carbons (Fsp3) is 0.333. The predicted molar refractivity (Wildman–Crippen MR) is 60.0 cm³/mol. The van der Waals surface area contributed by atoms with E-state index in [4.69, 9.17) is 4.52 Å². The maximum absolute atomic E-state index is 13.3. The van der Waals surface area contributed by atoms with Crippen molar-refractivity contribution in [3.05, 3.63) is 35.5 Å². The van der Waals surface area contributed by atoms with Crippen LogP contribution in [-0.2, 0) is 0 Å². The number of hydrogen-bond donors (Lipinski definition) is 1. The van der Waals surface area contributed by atoms with E-state index in [1.54, 1.807) is 0 Å². The average Bonchev–Trinajstić information content (AvgIpc) is 2.62. The molecule has 2 aromatic rings.